The van der Waals surface area contributed by atoms with Gasteiger partial charge in [-0.1, -0.05) is 12.1 Å². The highest BCUT2D eigenvalue weighted by Gasteiger charge is 2.25. The van der Waals surface area contributed by atoms with Gasteiger partial charge in [0.1, 0.15) is 5.41 Å². The lowest BCUT2D eigenvalue weighted by molar-refractivity contribution is 0.373. The molecule has 156 valence electrons. The third-order valence-electron chi connectivity index (χ3n) is 3.83. The van der Waals surface area contributed by atoms with Gasteiger partial charge in [-0.25, -0.2) is 8.42 Å². The van der Waals surface area contributed by atoms with Crippen LogP contribution in [0.15, 0.2) is 47.2 Å². The molecule has 1 atom stereocenters. The maximum atomic E-state index is 12.4. The molecule has 2 aromatic rings. The normalized spacial score (nSPS) is 13.3. The minimum atomic E-state index is -3.98. The van der Waals surface area contributed by atoms with Gasteiger partial charge in [-0.2, -0.15) is 0 Å². The highest BCUT2D eigenvalue weighted by molar-refractivity contribution is 8.06. The molecule has 0 saturated carbocycles. The fourth-order valence-electron chi connectivity index (χ4n) is 2.17. The number of methoxy groups -OCH3 is 2. The molecule has 0 radical (unpaired) electrons. The largest absolute Gasteiger partial charge is 0.592 e. The minimum absolute atomic E-state index is 0.0403. The summed E-state index contributed by atoms with van der Waals surface area (Å²) >= 11 is -1.97. The van der Waals surface area contributed by atoms with Gasteiger partial charge in [0.2, 0.25) is 0 Å². The molecule has 0 aliphatic heterocycles. The van der Waals surface area contributed by atoms with Crippen LogP contribution < -0.4 is 9.47 Å². The van der Waals surface area contributed by atoms with E-state index in [1.807, 2.05) is 0 Å². The van der Waals surface area contributed by atoms with E-state index in [1.165, 1.54) is 69.2 Å². The number of phenols is 2. The molecule has 29 heavy (non-hydrogen) atoms. The van der Waals surface area contributed by atoms with Crippen LogP contribution in [0.1, 0.15) is 11.1 Å². The maximum Gasteiger partial charge on any atom is 0.275 e. The van der Waals surface area contributed by atoms with Crippen LogP contribution in [0.3, 0.4) is 0 Å². The van der Waals surface area contributed by atoms with Crippen LogP contribution >= 0.6 is 0 Å². The molecular formula is C19H21NO7S2. The van der Waals surface area contributed by atoms with E-state index in [0.29, 0.717) is 14.8 Å². The fourth-order valence-corrected chi connectivity index (χ4v) is 4.23. The van der Waals surface area contributed by atoms with Gasteiger partial charge in [0.05, 0.1) is 38.0 Å². The Morgan fingerprint density at radius 2 is 1.45 bits per heavy atom. The van der Waals surface area contributed by atoms with Crippen molar-refractivity contribution in [3.05, 3.63) is 58.3 Å². The topological polar surface area (TPSA) is 119 Å². The number of ether oxygens (including phenoxy) is 2. The first-order valence-electron chi connectivity index (χ1n) is 8.18. The van der Waals surface area contributed by atoms with Gasteiger partial charge in [0.15, 0.2) is 23.0 Å². The Morgan fingerprint density at radius 1 is 0.966 bits per heavy atom. The lowest BCUT2D eigenvalue weighted by Gasteiger charge is -2.15. The van der Waals surface area contributed by atoms with Crippen LogP contribution in [0.25, 0.3) is 12.2 Å². The van der Waals surface area contributed by atoms with Crippen molar-refractivity contribution in [2.45, 2.75) is 0 Å². The predicted molar refractivity (Wildman–Crippen MR) is 112 cm³/mol. The van der Waals surface area contributed by atoms with Crippen LogP contribution in [0, 0.1) is 0 Å². The van der Waals surface area contributed by atoms with Gasteiger partial charge in [-0.3, -0.25) is 0 Å². The zero-order chi connectivity index (χ0) is 21.6. The smallest absolute Gasteiger partial charge is 0.275 e. The van der Waals surface area contributed by atoms with Gasteiger partial charge < -0.3 is 24.2 Å². The zero-order valence-electron chi connectivity index (χ0n) is 16.0. The molecule has 10 heteroatoms. The second kappa shape index (κ2) is 9.70. The molecule has 0 aromatic heterocycles. The molecular weight excluding hydrogens is 418 g/mol. The van der Waals surface area contributed by atoms with E-state index in [9.17, 15) is 23.2 Å². The van der Waals surface area contributed by atoms with Crippen molar-refractivity contribution in [2.75, 3.05) is 21.3 Å². The summed E-state index contributed by atoms with van der Waals surface area (Å²) in [6.07, 6.45) is 2.76. The van der Waals surface area contributed by atoms with E-state index in [-0.39, 0.29) is 23.0 Å². The Balaban J connectivity index is 2.13. The van der Waals surface area contributed by atoms with Crippen molar-refractivity contribution in [3.63, 3.8) is 0 Å². The number of rotatable bonds is 8. The lowest BCUT2D eigenvalue weighted by atomic mass is 10.2. The third-order valence-corrected chi connectivity index (χ3v) is 6.97. The molecule has 2 rings (SSSR count). The molecule has 0 amide bonds. The molecule has 0 heterocycles. The summed E-state index contributed by atoms with van der Waals surface area (Å²) in [6.45, 7) is 0. The van der Waals surface area contributed by atoms with E-state index < -0.39 is 21.4 Å². The Labute approximate surface area is 172 Å². The zero-order valence-corrected chi connectivity index (χ0v) is 17.6. The molecule has 8 nitrogen and oxygen atoms in total. The van der Waals surface area contributed by atoms with Gasteiger partial charge in [-0.05, 0) is 51.3 Å². The first-order chi connectivity index (χ1) is 13.7. The molecule has 0 bridgehead atoms. The Kier molecular flexibility index (Phi) is 7.57. The number of benzene rings is 2. The first kappa shape index (κ1) is 22.6. The number of sulfonamides is 1. The summed E-state index contributed by atoms with van der Waals surface area (Å²) in [5, 5.41) is 21.3. The second-order valence-electron chi connectivity index (χ2n) is 5.70. The molecule has 1 unspecified atom stereocenters. The third kappa shape index (κ3) is 5.91. The Hall–Kier alpha value is -2.66. The number of phenolic OH excluding ortho intramolecular Hbond substituents is 2. The molecule has 0 saturated heterocycles. The minimum Gasteiger partial charge on any atom is -0.592 e. The SMILES string of the molecule is COc1cc(/C=C/[S+]([O-])N(C)S(=O)(=O)/C=C/c2ccc(O)c(OC)c2)ccc1O. The average Bonchev–Trinajstić information content (AvgIpc) is 2.71. The van der Waals surface area contributed by atoms with Gasteiger partial charge in [-0.15, -0.1) is 0 Å². The van der Waals surface area contributed by atoms with Crippen molar-refractivity contribution in [1.82, 2.24) is 3.71 Å². The molecule has 0 aliphatic rings. The monoisotopic (exact) mass is 439 g/mol. The summed E-state index contributed by atoms with van der Waals surface area (Å²) in [6, 6.07) is 8.86. The number of aromatic hydroxyl groups is 2. The molecule has 0 aliphatic carbocycles. The van der Waals surface area contributed by atoms with Gasteiger partial charge in [0.25, 0.3) is 10.0 Å². The maximum absolute atomic E-state index is 12.4. The number of hydrogen-bond acceptors (Lipinski definition) is 7. The molecule has 0 fully saturated rings. The highest BCUT2D eigenvalue weighted by atomic mass is 32.3. The second-order valence-corrected chi connectivity index (χ2v) is 9.15. The number of hydrogen-bond donors (Lipinski definition) is 2. The summed E-state index contributed by atoms with van der Waals surface area (Å²) in [5.41, 5.74) is 1.06. The van der Waals surface area contributed by atoms with Gasteiger partial charge >= 0.3 is 0 Å². The van der Waals surface area contributed by atoms with Crippen molar-refractivity contribution in [1.29, 1.82) is 0 Å². The molecule has 0 spiro atoms. The Morgan fingerprint density at radius 3 is 1.93 bits per heavy atom. The van der Waals surface area contributed by atoms with E-state index >= 15 is 0 Å². The van der Waals surface area contributed by atoms with Crippen LogP contribution in [0.2, 0.25) is 0 Å². The van der Waals surface area contributed by atoms with Crippen molar-refractivity contribution in [3.8, 4) is 23.0 Å². The van der Waals surface area contributed by atoms with Crippen LogP contribution in [0.4, 0.5) is 0 Å². The summed E-state index contributed by atoms with van der Waals surface area (Å²) in [7, 11) is -0.00750. The number of nitrogens with zero attached hydrogens (tertiary/aromatic N) is 1. The van der Waals surface area contributed by atoms with Crippen LogP contribution in [-0.2, 0) is 21.4 Å². The van der Waals surface area contributed by atoms with E-state index in [4.69, 9.17) is 9.47 Å². The predicted octanol–water partition coefficient (Wildman–Crippen LogP) is 2.68. The summed E-state index contributed by atoms with van der Waals surface area (Å²) in [4.78, 5) is 0. The average molecular weight is 440 g/mol. The van der Waals surface area contributed by atoms with E-state index in [1.54, 1.807) is 6.07 Å². The quantitative estimate of drug-likeness (QED) is 0.607. The fraction of sp³-hybridized carbons (Fsp3) is 0.158. The molecule has 2 aromatic carbocycles. The van der Waals surface area contributed by atoms with Crippen molar-refractivity contribution < 1.29 is 32.7 Å². The van der Waals surface area contributed by atoms with Crippen molar-refractivity contribution in [2.24, 2.45) is 0 Å². The first-order valence-corrected chi connectivity index (χ1v) is 10.8. The van der Waals surface area contributed by atoms with Crippen LogP contribution in [-0.4, -0.2) is 48.2 Å². The standard InChI is InChI=1S/C19H21NO7S2/c1-20(28(23)10-8-14-4-6-16(21)18(12-14)26-2)29(24,25)11-9-15-5-7-17(22)19(13-15)27-3/h4-13,21-22H,1-3H3/b10-8+,11-9+. The van der Waals surface area contributed by atoms with E-state index in [2.05, 4.69) is 0 Å². The molecule has 2 N–H and O–H groups in total. The highest BCUT2D eigenvalue weighted by Crippen LogP contribution is 2.28. The summed E-state index contributed by atoms with van der Waals surface area (Å²) < 4.78 is 47.8. The van der Waals surface area contributed by atoms with Crippen molar-refractivity contribution >= 4 is 33.5 Å². The Bertz CT molecular complexity index is 1020. The van der Waals surface area contributed by atoms with Crippen LogP contribution in [0.5, 0.6) is 23.0 Å². The van der Waals surface area contributed by atoms with Gasteiger partial charge in [0, 0.05) is 0 Å². The van der Waals surface area contributed by atoms with E-state index in [0.717, 1.165) is 5.41 Å². The summed E-state index contributed by atoms with van der Waals surface area (Å²) in [5.74, 6) is 0.336. The lowest BCUT2D eigenvalue weighted by Crippen LogP contribution is -2.30.